The molecule has 7 rings (SSSR count). The number of rotatable bonds is 9. The fourth-order valence-electron chi connectivity index (χ4n) is 13.2. The molecule has 3 heterocycles. The Balaban J connectivity index is 1.30. The molecule has 3 aliphatic heterocycles. The number of allylic oxidation sites excluding steroid dienone is 1. The van der Waals surface area contributed by atoms with E-state index < -0.39 is 160 Å². The summed E-state index contributed by atoms with van der Waals surface area (Å²) >= 11 is 12.5. The molecule has 24 nitrogen and oxygen atoms in total. The number of anilines is 1. The molecule has 3 saturated heterocycles. The summed E-state index contributed by atoms with van der Waals surface area (Å²) in [7, 11) is 9.68. The molecule has 29 heteroatoms. The number of likely N-dealkylation sites (N-methyl/N-ethyl adjacent to an activating group) is 7. The van der Waals surface area contributed by atoms with Gasteiger partial charge in [0.05, 0.1) is 29.6 Å². The number of halogens is 5. The topological polar surface area (TPSA) is 261 Å². The number of hydrogen-bond donors (Lipinski definition) is 2. The Labute approximate surface area is 588 Å². The quantitative estimate of drug-likeness (QED) is 0.223. The molecule has 0 radical (unpaired) electrons. The van der Waals surface area contributed by atoms with Gasteiger partial charge < -0.3 is 64.4 Å². The molecule has 0 bridgehead atoms. The zero-order chi connectivity index (χ0) is 73.5. The lowest BCUT2D eigenvalue weighted by Gasteiger charge is -2.45. The van der Waals surface area contributed by atoms with E-state index in [0.717, 1.165) is 33.3 Å². The van der Waals surface area contributed by atoms with Gasteiger partial charge in [-0.1, -0.05) is 56.0 Å². The van der Waals surface area contributed by atoms with Crippen LogP contribution < -0.4 is 15.5 Å². The second-order valence-corrected chi connectivity index (χ2v) is 28.8. The average molecular weight is 1430 g/mol. The normalized spacial score (nSPS) is 26.4. The summed E-state index contributed by atoms with van der Waals surface area (Å²) in [5, 5.41) is 5.53. The molecule has 2 N–H and O–H groups in total. The van der Waals surface area contributed by atoms with Crippen LogP contribution in [0.2, 0.25) is 10.0 Å². The molecule has 99 heavy (non-hydrogen) atoms. The van der Waals surface area contributed by atoms with Crippen molar-refractivity contribution >= 4 is 100 Å². The van der Waals surface area contributed by atoms with Crippen LogP contribution in [-0.2, 0) is 70.1 Å². The summed E-state index contributed by atoms with van der Waals surface area (Å²) in [6.07, 6.45) is 0.796. The van der Waals surface area contributed by atoms with Crippen LogP contribution in [-0.4, -0.2) is 251 Å². The third-order valence-electron chi connectivity index (χ3n) is 21.2. The van der Waals surface area contributed by atoms with Gasteiger partial charge in [0, 0.05) is 86.2 Å². The zero-order valence-corrected chi connectivity index (χ0v) is 60.7. The summed E-state index contributed by atoms with van der Waals surface area (Å²) in [6, 6.07) is 1.31. The number of nitrogens with one attached hydrogen (secondary N) is 2. The zero-order valence-electron chi connectivity index (χ0n) is 59.1. The van der Waals surface area contributed by atoms with Crippen LogP contribution in [0, 0.1) is 11.8 Å². The molecule has 0 spiro atoms. The maximum atomic E-state index is 15.5. The first-order valence-electron chi connectivity index (χ1n) is 34.0. The number of carbonyl (C=O) groups is 12. The van der Waals surface area contributed by atoms with Crippen molar-refractivity contribution in [3.63, 3.8) is 0 Å². The van der Waals surface area contributed by atoms with Crippen LogP contribution in [0.4, 0.5) is 18.9 Å². The highest BCUT2D eigenvalue weighted by atomic mass is 35.5. The van der Waals surface area contributed by atoms with E-state index in [0.29, 0.717) is 82.7 Å². The smallest absolute Gasteiger partial charge is 0.343 e. The summed E-state index contributed by atoms with van der Waals surface area (Å²) in [4.78, 5) is 190. The molecule has 5 aliphatic rings. The minimum Gasteiger partial charge on any atom is -0.343 e. The largest absolute Gasteiger partial charge is 0.417 e. The minimum absolute atomic E-state index is 0.0327. The predicted octanol–water partition coefficient (Wildman–Crippen LogP) is 5.79. The molecule has 2 saturated carbocycles. The number of likely N-dealkylation sites (tertiary alicyclic amines) is 1. The van der Waals surface area contributed by atoms with Gasteiger partial charge in [0.1, 0.15) is 59.8 Å². The molecule has 2 aromatic carbocycles. The van der Waals surface area contributed by atoms with Crippen molar-refractivity contribution in [3.8, 4) is 0 Å². The maximum absolute atomic E-state index is 15.5. The standard InChI is InChI=1S/C70H97Cl2F3N12O12/c1-14-42(2)57-64(96)79(8)43(3)60(92)86-35-32-52(86)62(94)81(10)58(45-20-18-21-45)65(97)78(7)38-54(89)77-51(31-25-44-24-30-49(50(72)36-44)70(73,74)75)61(93)87(48-28-26-47(71)27-29-48)39-56(91)83(12)68(4,5)67(99)82(11)59(46-22-19-23-46)66(98)80(9)53(63(95)85-33-16-15-17-34-85)37-55(90)84(13)69(6,41-88)40-76-57/h24,26-30,36,41-43,46,51-53,57,59,76H,14-23,25,31-35,37-40H2,1-13H3,(H,77,89)/t42-,43-,51-,52-,53-,57-,59-,69+/m0/s1. The highest BCUT2D eigenvalue weighted by Crippen LogP contribution is 2.38. The van der Waals surface area contributed by atoms with Crippen LogP contribution in [0.3, 0.4) is 0 Å². The number of aldehydes is 1. The number of hydrogen-bond acceptors (Lipinski definition) is 13. The Hall–Kier alpha value is -7.65. The lowest BCUT2D eigenvalue weighted by Crippen LogP contribution is -2.64. The first-order valence-corrected chi connectivity index (χ1v) is 34.8. The number of amides is 11. The van der Waals surface area contributed by atoms with Crippen LogP contribution in [0.25, 0.3) is 0 Å². The number of piperidine rings is 1. The number of fused-ring (bicyclic) bond motifs is 1. The van der Waals surface area contributed by atoms with E-state index in [2.05, 4.69) is 10.6 Å². The van der Waals surface area contributed by atoms with E-state index in [1.807, 2.05) is 13.8 Å². The van der Waals surface area contributed by atoms with Gasteiger partial charge in [-0.05, 0) is 158 Å². The third kappa shape index (κ3) is 17.6. The predicted molar refractivity (Wildman–Crippen MR) is 365 cm³/mol. The first kappa shape index (κ1) is 78.7. The van der Waals surface area contributed by atoms with E-state index in [1.165, 1.54) is 137 Å². The SMILES string of the molecule is CC[C@H](C)[C@@H]1NC[C@](C)(C=O)N(C)C(=O)C[C@@H](C(=O)N2CCCCC2)N(C)C(=O)[C@H](C2CCC2)N(C)C(=O)C(C)(C)N(C)C(=O)CN(c2ccc(Cl)cc2)C(=O)[C@H](CCc2ccc(C(F)(F)F)c(Cl)c2)NC(=O)CN(C)C(=O)C(=C2CCC2)N(C)C(=O)[C@@H]2CCN2C(=O)[C@H](C)N(C)C1=O. The Morgan fingerprint density at radius 3 is 1.90 bits per heavy atom. The monoisotopic (exact) mass is 1420 g/mol. The summed E-state index contributed by atoms with van der Waals surface area (Å²) in [5.74, 6) is -8.55. The Morgan fingerprint density at radius 2 is 1.36 bits per heavy atom. The van der Waals surface area contributed by atoms with Crippen molar-refractivity contribution in [3.05, 3.63) is 74.9 Å². The molecule has 0 aromatic heterocycles. The van der Waals surface area contributed by atoms with E-state index >= 15 is 19.2 Å². The van der Waals surface area contributed by atoms with Gasteiger partial charge in [-0.15, -0.1) is 0 Å². The molecular formula is C70H97Cl2F3N12O12. The molecule has 8 atom stereocenters. The lowest BCUT2D eigenvalue weighted by atomic mass is 9.78. The van der Waals surface area contributed by atoms with Gasteiger partial charge in [-0.3, -0.25) is 52.7 Å². The summed E-state index contributed by atoms with van der Waals surface area (Å²) in [6.45, 7) is 8.64. The number of carbonyl (C=O) groups excluding carboxylic acids is 12. The van der Waals surface area contributed by atoms with E-state index in [-0.39, 0.29) is 54.3 Å². The number of nitrogens with zero attached hydrogens (tertiary/aromatic N) is 10. The van der Waals surface area contributed by atoms with E-state index in [4.69, 9.17) is 23.2 Å². The molecule has 2 aliphatic carbocycles. The fourth-order valence-corrected chi connectivity index (χ4v) is 13.6. The first-order chi connectivity index (χ1) is 46.4. The van der Waals surface area contributed by atoms with E-state index in [1.54, 1.807) is 4.90 Å². The minimum atomic E-state index is -4.79. The van der Waals surface area contributed by atoms with Crippen molar-refractivity contribution in [2.24, 2.45) is 11.8 Å². The third-order valence-corrected chi connectivity index (χ3v) is 21.7. The van der Waals surface area contributed by atoms with Gasteiger partial charge in [0.25, 0.3) is 5.91 Å². The Morgan fingerprint density at radius 1 is 0.727 bits per heavy atom. The maximum Gasteiger partial charge on any atom is 0.417 e. The van der Waals surface area contributed by atoms with Gasteiger partial charge >= 0.3 is 6.18 Å². The van der Waals surface area contributed by atoms with Crippen LogP contribution in [0.5, 0.6) is 0 Å². The lowest BCUT2D eigenvalue weighted by molar-refractivity contribution is -0.160. The summed E-state index contributed by atoms with van der Waals surface area (Å²) < 4.78 is 41.7. The van der Waals surface area contributed by atoms with Crippen molar-refractivity contribution in [1.82, 2.24) is 54.7 Å². The highest BCUT2D eigenvalue weighted by molar-refractivity contribution is 6.31. The molecule has 2 aromatic rings. The number of alkyl halides is 3. The fraction of sp³-hybridized carbons (Fsp3) is 0.629. The molecule has 0 unspecified atom stereocenters. The van der Waals surface area contributed by atoms with Gasteiger partial charge in [-0.25, -0.2) is 0 Å². The second-order valence-electron chi connectivity index (χ2n) is 28.0. The average Bonchev–Trinajstić information content (AvgIpc) is 0.777. The Bertz CT molecular complexity index is 3430. The van der Waals surface area contributed by atoms with Crippen molar-refractivity contribution in [1.29, 1.82) is 0 Å². The number of aryl methyl sites for hydroxylation is 1. The van der Waals surface area contributed by atoms with Crippen molar-refractivity contribution < 1.29 is 70.7 Å². The summed E-state index contributed by atoms with van der Waals surface area (Å²) in [5.41, 5.74) is -3.68. The molecule has 544 valence electrons. The molecular weight excluding hydrogens is 1330 g/mol. The van der Waals surface area contributed by atoms with E-state index in [9.17, 15) is 51.5 Å². The molecule has 11 amide bonds. The number of benzene rings is 2. The van der Waals surface area contributed by atoms with Crippen LogP contribution in [0.1, 0.15) is 136 Å². The van der Waals surface area contributed by atoms with Crippen LogP contribution >= 0.6 is 23.2 Å². The van der Waals surface area contributed by atoms with Crippen LogP contribution in [0.15, 0.2) is 53.7 Å². The second kappa shape index (κ2) is 32.8. The molecule has 5 fully saturated rings. The van der Waals surface area contributed by atoms with Gasteiger partial charge in [-0.2, -0.15) is 13.2 Å². The highest BCUT2D eigenvalue weighted by Gasteiger charge is 2.50. The van der Waals surface area contributed by atoms with Crippen molar-refractivity contribution in [2.45, 2.75) is 185 Å². The Kier molecular flexibility index (Phi) is 26.0. The van der Waals surface area contributed by atoms with Crippen molar-refractivity contribution in [2.75, 3.05) is 93.5 Å². The van der Waals surface area contributed by atoms with Gasteiger partial charge in [0.2, 0.25) is 59.1 Å². The van der Waals surface area contributed by atoms with Gasteiger partial charge in [0.15, 0.2) is 0 Å².